The molecule has 2 bridgehead atoms. The largest absolute Gasteiger partial charge is 0.335 e. The molecule has 0 radical (unpaired) electrons. The first-order valence-corrected chi connectivity index (χ1v) is 8.40. The first-order chi connectivity index (χ1) is 11.1. The van der Waals surface area contributed by atoms with E-state index >= 15 is 0 Å². The Bertz CT molecular complexity index is 742. The van der Waals surface area contributed by atoms with Gasteiger partial charge in [-0.05, 0) is 47.4 Å². The van der Waals surface area contributed by atoms with E-state index in [0.717, 1.165) is 24.9 Å². The van der Waals surface area contributed by atoms with E-state index in [-0.39, 0.29) is 17.4 Å². The third-order valence-corrected chi connectivity index (χ3v) is 6.10. The zero-order valence-corrected chi connectivity index (χ0v) is 13.7. The van der Waals surface area contributed by atoms with Crippen LogP contribution in [0.15, 0.2) is 48.8 Å². The second kappa shape index (κ2) is 5.19. The molecule has 118 valence electrons. The summed E-state index contributed by atoms with van der Waals surface area (Å²) in [6.45, 7) is 5.52. The number of carbonyl (C=O) groups is 1. The van der Waals surface area contributed by atoms with E-state index in [1.54, 1.807) is 12.4 Å². The van der Waals surface area contributed by atoms with E-state index in [1.807, 2.05) is 12.1 Å². The third-order valence-electron chi connectivity index (χ3n) is 6.10. The van der Waals surface area contributed by atoms with Crippen molar-refractivity contribution in [3.05, 3.63) is 65.5 Å². The number of benzene rings is 1. The first kappa shape index (κ1) is 14.4. The molecule has 2 heterocycles. The second-order valence-electron chi connectivity index (χ2n) is 7.12. The summed E-state index contributed by atoms with van der Waals surface area (Å²) < 4.78 is 0. The highest BCUT2D eigenvalue weighted by atomic mass is 16.2. The summed E-state index contributed by atoms with van der Waals surface area (Å²) in [5, 5.41) is 0. The van der Waals surface area contributed by atoms with Crippen LogP contribution in [-0.4, -0.2) is 28.4 Å². The topological polar surface area (TPSA) is 33.2 Å². The van der Waals surface area contributed by atoms with E-state index in [9.17, 15) is 4.79 Å². The standard InChI is InChI=1S/C20H22N2O/c1-14-18-13-16-5-3-4-6-17(16)20(14,2)9-12-22(18)19(23)15-7-10-21-11-8-15/h3-8,10-11,14,18H,9,12-13H2,1-2H3. The SMILES string of the molecule is CC1C2Cc3ccccc3C1(C)CCN2C(=O)c1ccncc1. The molecule has 1 aromatic carbocycles. The number of nitrogens with zero attached hydrogens (tertiary/aromatic N) is 2. The highest BCUT2D eigenvalue weighted by Crippen LogP contribution is 2.48. The number of rotatable bonds is 1. The number of hydrogen-bond donors (Lipinski definition) is 0. The maximum Gasteiger partial charge on any atom is 0.254 e. The molecular formula is C20H22N2O. The molecule has 1 aliphatic heterocycles. The van der Waals surface area contributed by atoms with Crippen LogP contribution in [0.25, 0.3) is 0 Å². The Hall–Kier alpha value is -2.16. The fraction of sp³-hybridized carbons (Fsp3) is 0.400. The van der Waals surface area contributed by atoms with Gasteiger partial charge in [0.2, 0.25) is 0 Å². The van der Waals surface area contributed by atoms with Gasteiger partial charge in [0.05, 0.1) is 0 Å². The van der Waals surface area contributed by atoms with Gasteiger partial charge in [-0.2, -0.15) is 0 Å². The van der Waals surface area contributed by atoms with Gasteiger partial charge in [-0.15, -0.1) is 0 Å². The van der Waals surface area contributed by atoms with Crippen LogP contribution in [-0.2, 0) is 11.8 Å². The highest BCUT2D eigenvalue weighted by molar-refractivity contribution is 5.94. The number of hydrogen-bond acceptors (Lipinski definition) is 2. The molecule has 3 heteroatoms. The Morgan fingerprint density at radius 3 is 2.74 bits per heavy atom. The summed E-state index contributed by atoms with van der Waals surface area (Å²) in [6, 6.07) is 12.7. The van der Waals surface area contributed by atoms with Crippen molar-refractivity contribution in [1.82, 2.24) is 9.88 Å². The Labute approximate surface area is 137 Å². The smallest absolute Gasteiger partial charge is 0.254 e. The Morgan fingerprint density at radius 1 is 1.22 bits per heavy atom. The average Bonchev–Trinajstić information content (AvgIpc) is 2.58. The van der Waals surface area contributed by atoms with E-state index in [4.69, 9.17) is 0 Å². The van der Waals surface area contributed by atoms with Crippen molar-refractivity contribution in [3.8, 4) is 0 Å². The van der Waals surface area contributed by atoms with Crippen molar-refractivity contribution in [2.75, 3.05) is 6.54 Å². The lowest BCUT2D eigenvalue weighted by Crippen LogP contribution is -2.59. The zero-order chi connectivity index (χ0) is 16.0. The van der Waals surface area contributed by atoms with Crippen LogP contribution in [0.1, 0.15) is 41.8 Å². The number of pyridine rings is 1. The van der Waals surface area contributed by atoms with E-state index < -0.39 is 0 Å². The monoisotopic (exact) mass is 306 g/mol. The van der Waals surface area contributed by atoms with Gasteiger partial charge in [-0.1, -0.05) is 38.1 Å². The minimum absolute atomic E-state index is 0.144. The van der Waals surface area contributed by atoms with Crippen LogP contribution < -0.4 is 0 Å². The van der Waals surface area contributed by atoms with Crippen LogP contribution >= 0.6 is 0 Å². The molecule has 1 fully saturated rings. The summed E-state index contributed by atoms with van der Waals surface area (Å²) >= 11 is 0. The number of amides is 1. The average molecular weight is 306 g/mol. The molecule has 1 aromatic heterocycles. The third kappa shape index (κ3) is 2.10. The molecule has 1 amide bonds. The fourth-order valence-corrected chi connectivity index (χ4v) is 4.50. The van der Waals surface area contributed by atoms with Gasteiger partial charge in [-0.3, -0.25) is 9.78 Å². The molecule has 3 atom stereocenters. The number of fused-ring (bicyclic) bond motifs is 4. The van der Waals surface area contributed by atoms with Gasteiger partial charge < -0.3 is 4.90 Å². The zero-order valence-electron chi connectivity index (χ0n) is 13.7. The number of carbonyl (C=O) groups excluding carboxylic acids is 1. The van der Waals surface area contributed by atoms with E-state index in [0.29, 0.717) is 5.92 Å². The summed E-state index contributed by atoms with van der Waals surface area (Å²) in [6.07, 6.45) is 5.38. The van der Waals surface area contributed by atoms with Crippen molar-refractivity contribution >= 4 is 5.91 Å². The first-order valence-electron chi connectivity index (χ1n) is 8.40. The molecule has 2 aromatic rings. The molecular weight excluding hydrogens is 284 g/mol. The van der Waals surface area contributed by atoms with Gasteiger partial charge in [0, 0.05) is 30.5 Å². The molecule has 3 unspecified atom stereocenters. The highest BCUT2D eigenvalue weighted by Gasteiger charge is 2.49. The fourth-order valence-electron chi connectivity index (χ4n) is 4.50. The van der Waals surface area contributed by atoms with Gasteiger partial charge in [0.15, 0.2) is 0 Å². The molecule has 0 saturated carbocycles. The van der Waals surface area contributed by atoms with Crippen molar-refractivity contribution in [2.24, 2.45) is 5.92 Å². The maximum absolute atomic E-state index is 13.0. The maximum atomic E-state index is 13.0. The van der Waals surface area contributed by atoms with Crippen molar-refractivity contribution in [3.63, 3.8) is 0 Å². The van der Waals surface area contributed by atoms with E-state index in [1.165, 1.54) is 11.1 Å². The van der Waals surface area contributed by atoms with E-state index in [2.05, 4.69) is 48.0 Å². The Morgan fingerprint density at radius 2 is 1.96 bits per heavy atom. The lowest BCUT2D eigenvalue weighted by Gasteiger charge is -2.54. The molecule has 4 rings (SSSR count). The quantitative estimate of drug-likeness (QED) is 0.808. The van der Waals surface area contributed by atoms with Crippen LogP contribution in [0.4, 0.5) is 0 Å². The Kier molecular flexibility index (Phi) is 3.26. The molecule has 0 spiro atoms. The van der Waals surface area contributed by atoms with Crippen LogP contribution in [0, 0.1) is 5.92 Å². The lowest BCUT2D eigenvalue weighted by atomic mass is 9.59. The van der Waals surface area contributed by atoms with Crippen LogP contribution in [0.2, 0.25) is 0 Å². The molecule has 3 nitrogen and oxygen atoms in total. The number of likely N-dealkylation sites (tertiary alicyclic amines) is 1. The minimum Gasteiger partial charge on any atom is -0.335 e. The van der Waals surface area contributed by atoms with Gasteiger partial charge in [0.1, 0.15) is 0 Å². The number of aromatic nitrogens is 1. The molecule has 1 aliphatic carbocycles. The molecule has 23 heavy (non-hydrogen) atoms. The van der Waals surface area contributed by atoms with Crippen LogP contribution in [0.5, 0.6) is 0 Å². The van der Waals surface area contributed by atoms with Crippen LogP contribution in [0.3, 0.4) is 0 Å². The molecule has 1 saturated heterocycles. The minimum atomic E-state index is 0.144. The van der Waals surface area contributed by atoms with Crippen molar-refractivity contribution < 1.29 is 4.79 Å². The van der Waals surface area contributed by atoms with Gasteiger partial charge in [0.25, 0.3) is 5.91 Å². The van der Waals surface area contributed by atoms with Crippen molar-refractivity contribution in [2.45, 2.75) is 38.1 Å². The molecule has 2 aliphatic rings. The predicted molar refractivity (Wildman–Crippen MR) is 90.3 cm³/mol. The van der Waals surface area contributed by atoms with Crippen molar-refractivity contribution in [1.29, 1.82) is 0 Å². The summed E-state index contributed by atoms with van der Waals surface area (Å²) in [5.41, 5.74) is 3.81. The predicted octanol–water partition coefficient (Wildman–Crippen LogP) is 3.45. The molecule has 0 N–H and O–H groups in total. The summed E-state index contributed by atoms with van der Waals surface area (Å²) in [7, 11) is 0. The van der Waals surface area contributed by atoms with Gasteiger partial charge >= 0.3 is 0 Å². The van der Waals surface area contributed by atoms with Gasteiger partial charge in [-0.25, -0.2) is 0 Å². The summed E-state index contributed by atoms with van der Waals surface area (Å²) in [5.74, 6) is 0.614. The normalized spacial score (nSPS) is 29.0. The Balaban J connectivity index is 1.72. The summed E-state index contributed by atoms with van der Waals surface area (Å²) in [4.78, 5) is 19.1. The second-order valence-corrected chi connectivity index (χ2v) is 7.12. The lowest BCUT2D eigenvalue weighted by molar-refractivity contribution is 0.0250. The number of piperidine rings is 1.